The Labute approximate surface area is 84.7 Å². The van der Waals surface area contributed by atoms with Gasteiger partial charge in [-0.3, -0.25) is 4.79 Å². The molecule has 0 aliphatic heterocycles. The topological polar surface area (TPSA) is 37.3 Å². The summed E-state index contributed by atoms with van der Waals surface area (Å²) < 4.78 is 0. The Hall–Kier alpha value is -0.530. The monoisotopic (exact) mass is 194 g/mol. The lowest BCUT2D eigenvalue weighted by Crippen LogP contribution is -2.53. The first-order chi connectivity index (χ1) is 6.75. The number of aliphatic carboxylic acids is 1. The third-order valence-electron chi connectivity index (χ3n) is 5.03. The number of carboxylic acid groups (broad SMARTS) is 1. The molecule has 0 aromatic carbocycles. The molecular weight excluding hydrogens is 176 g/mol. The zero-order chi connectivity index (χ0) is 9.71. The van der Waals surface area contributed by atoms with Crippen LogP contribution >= 0.6 is 0 Å². The number of carbonyl (C=O) groups is 1. The molecule has 3 aliphatic carbocycles. The van der Waals surface area contributed by atoms with Crippen LogP contribution in [0.15, 0.2) is 0 Å². The van der Waals surface area contributed by atoms with Crippen molar-refractivity contribution in [1.82, 2.24) is 0 Å². The van der Waals surface area contributed by atoms with Gasteiger partial charge in [0.15, 0.2) is 0 Å². The van der Waals surface area contributed by atoms with Crippen molar-refractivity contribution in [3.63, 3.8) is 0 Å². The van der Waals surface area contributed by atoms with Gasteiger partial charge in [-0.05, 0) is 48.9 Å². The van der Waals surface area contributed by atoms with Gasteiger partial charge >= 0.3 is 5.97 Å². The molecule has 78 valence electrons. The molecule has 0 amide bonds. The minimum atomic E-state index is -0.582. The Morgan fingerprint density at radius 1 is 1.07 bits per heavy atom. The summed E-state index contributed by atoms with van der Waals surface area (Å²) in [5.74, 6) is 3.45. The standard InChI is InChI=1S/C12H18O2/c13-12(14)6-11-8-3-1-7-2-4-9(11)10(8)5-7/h7-11H,1-6H2,(H,13,14)/t7?,8-,9+,10?,11?. The molecule has 3 aliphatic rings. The minimum absolute atomic E-state index is 0.441. The van der Waals surface area contributed by atoms with Crippen LogP contribution in [0.1, 0.15) is 38.5 Å². The summed E-state index contributed by atoms with van der Waals surface area (Å²) in [5.41, 5.74) is 0. The van der Waals surface area contributed by atoms with Gasteiger partial charge in [-0.1, -0.05) is 12.8 Å². The Morgan fingerprint density at radius 2 is 1.71 bits per heavy atom. The van der Waals surface area contributed by atoms with Crippen LogP contribution in [0.25, 0.3) is 0 Å². The molecule has 1 N–H and O–H groups in total. The largest absolute Gasteiger partial charge is 0.481 e. The lowest BCUT2D eigenvalue weighted by atomic mass is 9.45. The highest BCUT2D eigenvalue weighted by molar-refractivity contribution is 5.67. The molecule has 2 heteroatoms. The van der Waals surface area contributed by atoms with Crippen molar-refractivity contribution in [2.45, 2.75) is 38.5 Å². The normalized spacial score (nSPS) is 49.6. The zero-order valence-corrected chi connectivity index (χ0v) is 8.48. The molecular formula is C12H18O2. The van der Waals surface area contributed by atoms with Crippen LogP contribution in [0.3, 0.4) is 0 Å². The van der Waals surface area contributed by atoms with Gasteiger partial charge in [-0.2, -0.15) is 0 Å². The molecule has 0 radical (unpaired) electrons. The Morgan fingerprint density at radius 3 is 2.29 bits per heavy atom. The molecule has 0 saturated heterocycles. The van der Waals surface area contributed by atoms with Crippen molar-refractivity contribution in [2.75, 3.05) is 0 Å². The number of fused-ring (bicyclic) bond motifs is 1. The molecule has 3 saturated carbocycles. The van der Waals surface area contributed by atoms with Crippen LogP contribution in [0.4, 0.5) is 0 Å². The maximum absolute atomic E-state index is 10.8. The fraction of sp³-hybridized carbons (Fsp3) is 0.917. The molecule has 14 heavy (non-hydrogen) atoms. The van der Waals surface area contributed by atoms with Gasteiger partial charge in [0.05, 0.1) is 0 Å². The van der Waals surface area contributed by atoms with Crippen LogP contribution in [0.2, 0.25) is 0 Å². The minimum Gasteiger partial charge on any atom is -0.481 e. The molecule has 5 atom stereocenters. The third kappa shape index (κ3) is 1.12. The van der Waals surface area contributed by atoms with Crippen molar-refractivity contribution in [2.24, 2.45) is 29.6 Å². The second kappa shape index (κ2) is 2.98. The Bertz CT molecular complexity index is 245. The zero-order valence-electron chi connectivity index (χ0n) is 8.48. The van der Waals surface area contributed by atoms with Crippen LogP contribution in [0, 0.1) is 29.6 Å². The highest BCUT2D eigenvalue weighted by Gasteiger charge is 2.54. The molecule has 3 rings (SSSR count). The summed E-state index contributed by atoms with van der Waals surface area (Å²) in [4.78, 5) is 10.8. The van der Waals surface area contributed by atoms with Crippen molar-refractivity contribution in [3.8, 4) is 0 Å². The fourth-order valence-electron chi connectivity index (χ4n) is 4.46. The van der Waals surface area contributed by atoms with Gasteiger partial charge in [-0.15, -0.1) is 0 Å². The summed E-state index contributed by atoms with van der Waals surface area (Å²) in [5, 5.41) is 8.87. The van der Waals surface area contributed by atoms with Gasteiger partial charge in [0.25, 0.3) is 0 Å². The average Bonchev–Trinajstić information content (AvgIpc) is 2.12. The van der Waals surface area contributed by atoms with E-state index in [1.165, 1.54) is 32.1 Å². The molecule has 3 fully saturated rings. The van der Waals surface area contributed by atoms with E-state index in [1.807, 2.05) is 0 Å². The molecule has 0 aromatic rings. The van der Waals surface area contributed by atoms with Gasteiger partial charge in [0, 0.05) is 6.42 Å². The quantitative estimate of drug-likeness (QED) is 0.733. The molecule has 2 bridgehead atoms. The summed E-state index contributed by atoms with van der Waals surface area (Å²) >= 11 is 0. The summed E-state index contributed by atoms with van der Waals surface area (Å²) in [6.07, 6.45) is 7.27. The van der Waals surface area contributed by atoms with Gasteiger partial charge in [-0.25, -0.2) is 0 Å². The molecule has 0 spiro atoms. The first-order valence-corrected chi connectivity index (χ1v) is 5.97. The van der Waals surface area contributed by atoms with E-state index in [2.05, 4.69) is 0 Å². The van der Waals surface area contributed by atoms with Gasteiger partial charge in [0.2, 0.25) is 0 Å². The summed E-state index contributed by atoms with van der Waals surface area (Å²) in [7, 11) is 0. The third-order valence-corrected chi connectivity index (χ3v) is 5.03. The van der Waals surface area contributed by atoms with Gasteiger partial charge in [0.1, 0.15) is 0 Å². The van der Waals surface area contributed by atoms with E-state index in [9.17, 15) is 4.79 Å². The van der Waals surface area contributed by atoms with Crippen molar-refractivity contribution in [3.05, 3.63) is 0 Å². The van der Waals surface area contributed by atoms with Crippen molar-refractivity contribution in [1.29, 1.82) is 0 Å². The predicted molar refractivity (Wildman–Crippen MR) is 52.8 cm³/mol. The predicted octanol–water partition coefficient (Wildman–Crippen LogP) is 2.53. The fourth-order valence-corrected chi connectivity index (χ4v) is 4.46. The summed E-state index contributed by atoms with van der Waals surface area (Å²) in [6, 6.07) is 0. The van der Waals surface area contributed by atoms with E-state index < -0.39 is 5.97 Å². The molecule has 2 nitrogen and oxygen atoms in total. The first-order valence-electron chi connectivity index (χ1n) is 5.97. The maximum atomic E-state index is 10.8. The van der Waals surface area contributed by atoms with Crippen LogP contribution in [-0.4, -0.2) is 11.1 Å². The Balaban J connectivity index is 1.73. The molecule has 0 aromatic heterocycles. The van der Waals surface area contributed by atoms with Crippen LogP contribution < -0.4 is 0 Å². The second-order valence-electron chi connectivity index (χ2n) is 5.51. The second-order valence-corrected chi connectivity index (χ2v) is 5.51. The molecule has 0 heterocycles. The van der Waals surface area contributed by atoms with Crippen molar-refractivity contribution < 1.29 is 9.90 Å². The van der Waals surface area contributed by atoms with Crippen molar-refractivity contribution >= 4 is 5.97 Å². The highest BCUT2D eigenvalue weighted by Crippen LogP contribution is 2.61. The smallest absolute Gasteiger partial charge is 0.303 e. The first kappa shape index (κ1) is 8.75. The average molecular weight is 194 g/mol. The summed E-state index contributed by atoms with van der Waals surface area (Å²) in [6.45, 7) is 0. The van der Waals surface area contributed by atoms with E-state index in [-0.39, 0.29) is 0 Å². The van der Waals surface area contributed by atoms with Crippen LogP contribution in [0.5, 0.6) is 0 Å². The van der Waals surface area contributed by atoms with E-state index in [0.717, 1.165) is 23.7 Å². The van der Waals surface area contributed by atoms with Crippen LogP contribution in [-0.2, 0) is 4.79 Å². The lowest BCUT2D eigenvalue weighted by Gasteiger charge is -2.59. The van der Waals surface area contributed by atoms with E-state index in [1.54, 1.807) is 0 Å². The maximum Gasteiger partial charge on any atom is 0.303 e. The van der Waals surface area contributed by atoms with Gasteiger partial charge < -0.3 is 5.11 Å². The van der Waals surface area contributed by atoms with E-state index in [4.69, 9.17) is 5.11 Å². The SMILES string of the molecule is O=C(O)CC1[C@H]2CCC3CC[C@@H]1C2C3. The highest BCUT2D eigenvalue weighted by atomic mass is 16.4. The number of rotatable bonds is 2. The number of carboxylic acids is 1. The number of hydrogen-bond acceptors (Lipinski definition) is 1. The number of hydrogen-bond donors (Lipinski definition) is 1. The lowest BCUT2D eigenvalue weighted by molar-refractivity contribution is -0.150. The molecule has 3 unspecified atom stereocenters. The van der Waals surface area contributed by atoms with E-state index in [0.29, 0.717) is 12.3 Å². The Kier molecular flexibility index (Phi) is 1.86. The van der Waals surface area contributed by atoms with E-state index >= 15 is 0 Å².